The van der Waals surface area contributed by atoms with Gasteiger partial charge in [0.2, 0.25) is 0 Å². The highest BCUT2D eigenvalue weighted by Gasteiger charge is 2.21. The van der Waals surface area contributed by atoms with Crippen molar-refractivity contribution in [3.8, 4) is 0 Å². The lowest BCUT2D eigenvalue weighted by molar-refractivity contribution is 0.127. The van der Waals surface area contributed by atoms with Gasteiger partial charge in [0.1, 0.15) is 0 Å². The number of piperazine rings is 1. The first-order valence-electron chi connectivity index (χ1n) is 7.27. The van der Waals surface area contributed by atoms with Gasteiger partial charge in [0, 0.05) is 46.8 Å². The lowest BCUT2D eigenvalue weighted by Crippen LogP contribution is -2.50. The number of urea groups is 1. The van der Waals surface area contributed by atoms with Crippen LogP contribution >= 0.6 is 0 Å². The summed E-state index contributed by atoms with van der Waals surface area (Å²) in [5.41, 5.74) is 1.81. The number of nitrogens with zero attached hydrogens (tertiary/aromatic N) is 3. The van der Waals surface area contributed by atoms with E-state index >= 15 is 0 Å². The zero-order valence-corrected chi connectivity index (χ0v) is 12.7. The summed E-state index contributed by atoms with van der Waals surface area (Å²) in [4.78, 5) is 18.3. The Bertz CT molecular complexity index is 470. The van der Waals surface area contributed by atoms with Crippen molar-refractivity contribution in [2.75, 3.05) is 63.6 Å². The van der Waals surface area contributed by atoms with Crippen molar-refractivity contribution in [2.45, 2.75) is 0 Å². The number of benzene rings is 1. The number of β-amino-alcohol motifs (C(OH)–C–C–N with tert-alkyl or cyclic N) is 1. The molecule has 6 heteroatoms. The molecule has 1 heterocycles. The SMILES string of the molecule is CN(C)c1ccccc1NC(=O)N1CCN(CCO)CC1. The molecule has 1 fully saturated rings. The van der Waals surface area contributed by atoms with E-state index in [4.69, 9.17) is 5.11 Å². The number of anilines is 2. The van der Waals surface area contributed by atoms with Gasteiger partial charge in [-0.25, -0.2) is 4.79 Å². The lowest BCUT2D eigenvalue weighted by atomic mass is 10.2. The van der Waals surface area contributed by atoms with E-state index in [1.807, 2.05) is 48.2 Å². The molecular weight excluding hydrogens is 268 g/mol. The number of hydrogen-bond donors (Lipinski definition) is 2. The average Bonchev–Trinajstić information content (AvgIpc) is 2.48. The molecule has 2 rings (SSSR count). The van der Waals surface area contributed by atoms with E-state index in [1.165, 1.54) is 0 Å². The van der Waals surface area contributed by atoms with Gasteiger partial charge in [-0.3, -0.25) is 4.90 Å². The number of rotatable bonds is 4. The van der Waals surface area contributed by atoms with Crippen molar-refractivity contribution in [3.63, 3.8) is 0 Å². The zero-order valence-electron chi connectivity index (χ0n) is 12.7. The molecule has 1 aromatic rings. The largest absolute Gasteiger partial charge is 0.395 e. The molecule has 0 bridgehead atoms. The van der Waals surface area contributed by atoms with Gasteiger partial charge < -0.3 is 20.2 Å². The van der Waals surface area contributed by atoms with Crippen LogP contribution in [0.15, 0.2) is 24.3 Å². The highest BCUT2D eigenvalue weighted by Crippen LogP contribution is 2.23. The van der Waals surface area contributed by atoms with Gasteiger partial charge in [-0.1, -0.05) is 12.1 Å². The summed E-state index contributed by atoms with van der Waals surface area (Å²) in [7, 11) is 3.91. The molecule has 0 spiro atoms. The fraction of sp³-hybridized carbons (Fsp3) is 0.533. The van der Waals surface area contributed by atoms with Crippen LogP contribution in [0.1, 0.15) is 0 Å². The monoisotopic (exact) mass is 292 g/mol. The maximum atomic E-state index is 12.3. The van der Waals surface area contributed by atoms with Gasteiger partial charge in [0.25, 0.3) is 0 Å². The zero-order chi connectivity index (χ0) is 15.2. The predicted octanol–water partition coefficient (Wildman–Crippen LogP) is 0.894. The van der Waals surface area contributed by atoms with Crippen molar-refractivity contribution < 1.29 is 9.90 Å². The molecule has 0 aromatic heterocycles. The number of carbonyl (C=O) groups excluding carboxylic acids is 1. The second kappa shape index (κ2) is 7.28. The van der Waals surface area contributed by atoms with Crippen LogP contribution < -0.4 is 10.2 Å². The van der Waals surface area contributed by atoms with E-state index in [0.29, 0.717) is 19.6 Å². The van der Waals surface area contributed by atoms with Crippen LogP contribution in [-0.2, 0) is 0 Å². The molecule has 1 saturated heterocycles. The van der Waals surface area contributed by atoms with Gasteiger partial charge in [-0.05, 0) is 12.1 Å². The second-order valence-corrected chi connectivity index (χ2v) is 5.39. The number of para-hydroxylation sites is 2. The Morgan fingerprint density at radius 1 is 1.24 bits per heavy atom. The van der Waals surface area contributed by atoms with E-state index in [9.17, 15) is 4.79 Å². The summed E-state index contributed by atoms with van der Waals surface area (Å²) in [6.07, 6.45) is 0. The summed E-state index contributed by atoms with van der Waals surface area (Å²) in [5, 5.41) is 11.9. The number of nitrogens with one attached hydrogen (secondary N) is 1. The molecule has 1 aliphatic rings. The first-order chi connectivity index (χ1) is 10.1. The third kappa shape index (κ3) is 4.09. The van der Waals surface area contributed by atoms with Crippen LogP contribution in [0.4, 0.5) is 16.2 Å². The predicted molar refractivity (Wildman–Crippen MR) is 84.9 cm³/mol. The van der Waals surface area contributed by atoms with Gasteiger partial charge in [-0.15, -0.1) is 0 Å². The maximum absolute atomic E-state index is 12.3. The summed E-state index contributed by atoms with van der Waals surface area (Å²) in [5.74, 6) is 0. The van der Waals surface area contributed by atoms with Crippen molar-refractivity contribution in [3.05, 3.63) is 24.3 Å². The van der Waals surface area contributed by atoms with Crippen molar-refractivity contribution >= 4 is 17.4 Å². The molecule has 1 aromatic carbocycles. The van der Waals surface area contributed by atoms with Crippen LogP contribution in [-0.4, -0.2) is 74.4 Å². The number of amides is 2. The van der Waals surface area contributed by atoms with E-state index in [1.54, 1.807) is 0 Å². The molecule has 116 valence electrons. The van der Waals surface area contributed by atoms with Crippen LogP contribution in [0.3, 0.4) is 0 Å². The van der Waals surface area contributed by atoms with E-state index in [2.05, 4.69) is 10.2 Å². The molecule has 0 radical (unpaired) electrons. The van der Waals surface area contributed by atoms with E-state index in [0.717, 1.165) is 24.5 Å². The molecule has 2 N–H and O–H groups in total. The average molecular weight is 292 g/mol. The molecule has 6 nitrogen and oxygen atoms in total. The van der Waals surface area contributed by atoms with Crippen molar-refractivity contribution in [2.24, 2.45) is 0 Å². The lowest BCUT2D eigenvalue weighted by Gasteiger charge is -2.34. The van der Waals surface area contributed by atoms with Crippen LogP contribution in [0.25, 0.3) is 0 Å². The molecule has 0 aliphatic carbocycles. The Kier molecular flexibility index (Phi) is 5.41. The van der Waals surface area contributed by atoms with Crippen LogP contribution in [0.5, 0.6) is 0 Å². The van der Waals surface area contributed by atoms with Gasteiger partial charge in [0.15, 0.2) is 0 Å². The number of carbonyl (C=O) groups is 1. The highest BCUT2D eigenvalue weighted by atomic mass is 16.3. The number of hydrogen-bond acceptors (Lipinski definition) is 4. The Hall–Kier alpha value is -1.79. The Labute approximate surface area is 125 Å². The van der Waals surface area contributed by atoms with Gasteiger partial charge >= 0.3 is 6.03 Å². The maximum Gasteiger partial charge on any atom is 0.321 e. The topological polar surface area (TPSA) is 59.1 Å². The molecule has 21 heavy (non-hydrogen) atoms. The second-order valence-electron chi connectivity index (χ2n) is 5.39. The minimum Gasteiger partial charge on any atom is -0.395 e. The minimum atomic E-state index is -0.0621. The quantitative estimate of drug-likeness (QED) is 0.865. The smallest absolute Gasteiger partial charge is 0.321 e. The highest BCUT2D eigenvalue weighted by molar-refractivity contribution is 5.93. The van der Waals surface area contributed by atoms with Gasteiger partial charge in [0.05, 0.1) is 18.0 Å². The van der Waals surface area contributed by atoms with Crippen molar-refractivity contribution in [1.29, 1.82) is 0 Å². The Balaban J connectivity index is 1.94. The van der Waals surface area contributed by atoms with Crippen LogP contribution in [0.2, 0.25) is 0 Å². The normalized spacial score (nSPS) is 15.9. The van der Waals surface area contributed by atoms with E-state index < -0.39 is 0 Å². The fourth-order valence-electron chi connectivity index (χ4n) is 2.48. The molecule has 1 aliphatic heterocycles. The Morgan fingerprint density at radius 3 is 2.52 bits per heavy atom. The number of aliphatic hydroxyl groups excluding tert-OH is 1. The number of aliphatic hydroxyl groups is 1. The first kappa shape index (κ1) is 15.6. The molecule has 0 saturated carbocycles. The molecular formula is C15H24N4O2. The standard InChI is InChI=1S/C15H24N4O2/c1-17(2)14-6-4-3-5-13(14)16-15(21)19-9-7-18(8-10-19)11-12-20/h3-6,20H,7-12H2,1-2H3,(H,16,21). The molecule has 0 unspecified atom stereocenters. The third-order valence-corrected chi connectivity index (χ3v) is 3.70. The summed E-state index contributed by atoms with van der Waals surface area (Å²) < 4.78 is 0. The molecule has 2 amide bonds. The summed E-state index contributed by atoms with van der Waals surface area (Å²) in [6.45, 7) is 3.85. The Morgan fingerprint density at radius 2 is 1.90 bits per heavy atom. The van der Waals surface area contributed by atoms with Crippen LogP contribution in [0, 0.1) is 0 Å². The fourth-order valence-corrected chi connectivity index (χ4v) is 2.48. The van der Waals surface area contributed by atoms with E-state index in [-0.39, 0.29) is 12.6 Å². The first-order valence-corrected chi connectivity index (χ1v) is 7.27. The minimum absolute atomic E-state index is 0.0621. The third-order valence-electron chi connectivity index (χ3n) is 3.70. The van der Waals surface area contributed by atoms with Gasteiger partial charge in [-0.2, -0.15) is 0 Å². The molecule has 0 atom stereocenters. The summed E-state index contributed by atoms with van der Waals surface area (Å²) in [6, 6.07) is 7.71. The summed E-state index contributed by atoms with van der Waals surface area (Å²) >= 11 is 0. The van der Waals surface area contributed by atoms with Crippen molar-refractivity contribution in [1.82, 2.24) is 9.80 Å².